The van der Waals surface area contributed by atoms with E-state index >= 15 is 0 Å². The quantitative estimate of drug-likeness (QED) is 0.763. The van der Waals surface area contributed by atoms with E-state index in [-0.39, 0.29) is 24.4 Å². The van der Waals surface area contributed by atoms with Gasteiger partial charge in [0, 0.05) is 49.9 Å². The third kappa shape index (κ3) is 3.54. The maximum atomic E-state index is 13.0. The second kappa shape index (κ2) is 7.54. The summed E-state index contributed by atoms with van der Waals surface area (Å²) in [5.41, 5.74) is 2.31. The Kier molecular flexibility index (Phi) is 4.94. The lowest BCUT2D eigenvalue weighted by atomic mass is 9.89. The van der Waals surface area contributed by atoms with Crippen LogP contribution in [0.5, 0.6) is 11.5 Å². The maximum absolute atomic E-state index is 13.0. The summed E-state index contributed by atoms with van der Waals surface area (Å²) in [6.07, 6.45) is 1.61. The highest BCUT2D eigenvalue weighted by Crippen LogP contribution is 2.34. The van der Waals surface area contributed by atoms with Gasteiger partial charge >= 0.3 is 0 Å². The SMILES string of the molecule is CN(C)c1ccc(C(=O)N2CCC[C@@H](C(=O)c3ccc4c(c3)OCO4)C2)cc1. The molecule has 4 rings (SSSR count). The number of rotatable bonds is 4. The minimum atomic E-state index is -0.195. The van der Waals surface area contributed by atoms with E-state index in [1.54, 1.807) is 23.1 Å². The fourth-order valence-corrected chi connectivity index (χ4v) is 3.75. The summed E-state index contributed by atoms with van der Waals surface area (Å²) >= 11 is 0. The van der Waals surface area contributed by atoms with Crippen molar-refractivity contribution < 1.29 is 19.1 Å². The van der Waals surface area contributed by atoms with Crippen molar-refractivity contribution in [2.45, 2.75) is 12.8 Å². The Labute approximate surface area is 164 Å². The number of nitrogens with zero attached hydrogens (tertiary/aromatic N) is 2. The van der Waals surface area contributed by atoms with Crippen LogP contribution in [0.3, 0.4) is 0 Å². The van der Waals surface area contributed by atoms with Crippen molar-refractivity contribution in [1.82, 2.24) is 4.90 Å². The summed E-state index contributed by atoms with van der Waals surface area (Å²) in [4.78, 5) is 29.7. The molecule has 1 atom stereocenters. The van der Waals surface area contributed by atoms with E-state index in [0.29, 0.717) is 35.7 Å². The van der Waals surface area contributed by atoms with Gasteiger partial charge in [-0.05, 0) is 55.3 Å². The first-order valence-corrected chi connectivity index (χ1v) is 9.53. The molecular formula is C22H24N2O4. The number of ether oxygens (including phenoxy) is 2. The van der Waals surface area contributed by atoms with E-state index in [1.807, 2.05) is 43.3 Å². The fourth-order valence-electron chi connectivity index (χ4n) is 3.75. The number of hydrogen-bond donors (Lipinski definition) is 0. The lowest BCUT2D eigenvalue weighted by molar-refractivity contribution is 0.0637. The van der Waals surface area contributed by atoms with Gasteiger partial charge in [-0.25, -0.2) is 0 Å². The molecule has 1 saturated heterocycles. The highest BCUT2D eigenvalue weighted by molar-refractivity contribution is 6.00. The van der Waals surface area contributed by atoms with Crippen LogP contribution < -0.4 is 14.4 Å². The zero-order valence-corrected chi connectivity index (χ0v) is 16.2. The summed E-state index contributed by atoms with van der Waals surface area (Å²) in [6, 6.07) is 12.9. The number of likely N-dealkylation sites (tertiary alicyclic amines) is 1. The average molecular weight is 380 g/mol. The van der Waals surface area contributed by atoms with Gasteiger partial charge in [-0.3, -0.25) is 9.59 Å². The normalized spacial score (nSPS) is 18.1. The van der Waals surface area contributed by atoms with E-state index in [4.69, 9.17) is 9.47 Å². The summed E-state index contributed by atoms with van der Waals surface area (Å²) in [5, 5.41) is 0. The average Bonchev–Trinajstić information content (AvgIpc) is 3.20. The van der Waals surface area contributed by atoms with Gasteiger partial charge in [0.15, 0.2) is 17.3 Å². The van der Waals surface area contributed by atoms with Crippen LogP contribution in [0.1, 0.15) is 33.6 Å². The van der Waals surface area contributed by atoms with Crippen molar-refractivity contribution >= 4 is 17.4 Å². The smallest absolute Gasteiger partial charge is 0.253 e. The molecule has 6 nitrogen and oxygen atoms in total. The number of carbonyl (C=O) groups is 2. The Balaban J connectivity index is 1.46. The van der Waals surface area contributed by atoms with Crippen LogP contribution in [0, 0.1) is 5.92 Å². The number of fused-ring (bicyclic) bond motifs is 1. The van der Waals surface area contributed by atoms with Gasteiger partial charge in [0.25, 0.3) is 5.91 Å². The Morgan fingerprint density at radius 1 is 1.00 bits per heavy atom. The molecule has 0 spiro atoms. The Morgan fingerprint density at radius 2 is 1.71 bits per heavy atom. The van der Waals surface area contributed by atoms with E-state index in [1.165, 1.54) is 0 Å². The van der Waals surface area contributed by atoms with Gasteiger partial charge in [0.05, 0.1) is 0 Å². The fraction of sp³-hybridized carbons (Fsp3) is 0.364. The van der Waals surface area contributed by atoms with E-state index in [0.717, 1.165) is 18.5 Å². The Bertz CT molecular complexity index is 892. The third-order valence-electron chi connectivity index (χ3n) is 5.37. The molecule has 0 saturated carbocycles. The molecule has 2 heterocycles. The zero-order valence-electron chi connectivity index (χ0n) is 16.2. The summed E-state index contributed by atoms with van der Waals surface area (Å²) < 4.78 is 10.7. The van der Waals surface area contributed by atoms with Gasteiger partial charge in [0.2, 0.25) is 6.79 Å². The molecule has 2 aliphatic heterocycles. The molecule has 146 valence electrons. The lowest BCUT2D eigenvalue weighted by Crippen LogP contribution is -2.42. The molecule has 0 aromatic heterocycles. The number of ketones is 1. The third-order valence-corrected chi connectivity index (χ3v) is 5.37. The van der Waals surface area contributed by atoms with Crippen LogP contribution in [-0.2, 0) is 0 Å². The number of piperidine rings is 1. The molecule has 2 aliphatic rings. The number of hydrogen-bond acceptors (Lipinski definition) is 5. The van der Waals surface area contributed by atoms with Crippen LogP contribution in [0.15, 0.2) is 42.5 Å². The first-order valence-electron chi connectivity index (χ1n) is 9.53. The second-order valence-corrected chi connectivity index (χ2v) is 7.46. The second-order valence-electron chi connectivity index (χ2n) is 7.46. The van der Waals surface area contributed by atoms with Gasteiger partial charge in [-0.15, -0.1) is 0 Å². The standard InChI is InChI=1S/C22H24N2O4/c1-23(2)18-8-5-15(6-9-18)22(26)24-11-3-4-17(13-24)21(25)16-7-10-19-20(12-16)28-14-27-19/h5-10,12,17H,3-4,11,13-14H2,1-2H3/t17-/m1/s1. The molecule has 1 amide bonds. The minimum Gasteiger partial charge on any atom is -0.454 e. The molecule has 1 fully saturated rings. The number of anilines is 1. The van der Waals surface area contributed by atoms with E-state index < -0.39 is 0 Å². The summed E-state index contributed by atoms with van der Waals surface area (Å²) in [5.74, 6) is 1.11. The van der Waals surface area contributed by atoms with Crippen LogP contribution in [0.2, 0.25) is 0 Å². The molecule has 28 heavy (non-hydrogen) atoms. The van der Waals surface area contributed by atoms with E-state index in [2.05, 4.69) is 0 Å². The highest BCUT2D eigenvalue weighted by Gasteiger charge is 2.30. The minimum absolute atomic E-state index is 0.0199. The molecule has 0 bridgehead atoms. The molecule has 0 aliphatic carbocycles. The first kappa shape index (κ1) is 18.3. The van der Waals surface area contributed by atoms with Crippen LogP contribution >= 0.6 is 0 Å². The number of amides is 1. The molecule has 6 heteroatoms. The maximum Gasteiger partial charge on any atom is 0.253 e. The van der Waals surface area contributed by atoms with Crippen LogP contribution in [0.4, 0.5) is 5.69 Å². The van der Waals surface area contributed by atoms with Gasteiger partial charge < -0.3 is 19.3 Å². The highest BCUT2D eigenvalue weighted by atomic mass is 16.7. The van der Waals surface area contributed by atoms with Crippen molar-refractivity contribution in [3.05, 3.63) is 53.6 Å². The molecule has 2 aromatic rings. The van der Waals surface area contributed by atoms with Crippen molar-refractivity contribution in [2.24, 2.45) is 5.92 Å². The topological polar surface area (TPSA) is 59.1 Å². The molecule has 0 N–H and O–H groups in total. The molecule has 0 unspecified atom stereocenters. The van der Waals surface area contributed by atoms with Crippen molar-refractivity contribution in [1.29, 1.82) is 0 Å². The number of benzene rings is 2. The first-order chi connectivity index (χ1) is 13.5. The summed E-state index contributed by atoms with van der Waals surface area (Å²) in [6.45, 7) is 1.31. The van der Waals surface area contributed by atoms with Crippen LogP contribution in [0.25, 0.3) is 0 Å². The Hall–Kier alpha value is -3.02. The van der Waals surface area contributed by atoms with Gasteiger partial charge in [-0.2, -0.15) is 0 Å². The van der Waals surface area contributed by atoms with Crippen molar-refractivity contribution in [2.75, 3.05) is 38.9 Å². The molecule has 2 aromatic carbocycles. The van der Waals surface area contributed by atoms with Gasteiger partial charge in [-0.1, -0.05) is 0 Å². The lowest BCUT2D eigenvalue weighted by Gasteiger charge is -2.32. The van der Waals surface area contributed by atoms with Gasteiger partial charge in [0.1, 0.15) is 0 Å². The predicted octanol–water partition coefficient (Wildman–Crippen LogP) is 3.22. The zero-order chi connectivity index (χ0) is 19.7. The monoisotopic (exact) mass is 380 g/mol. The van der Waals surface area contributed by atoms with Crippen molar-refractivity contribution in [3.8, 4) is 11.5 Å². The summed E-state index contributed by atoms with van der Waals surface area (Å²) in [7, 11) is 3.93. The van der Waals surface area contributed by atoms with Crippen molar-refractivity contribution in [3.63, 3.8) is 0 Å². The Morgan fingerprint density at radius 3 is 2.46 bits per heavy atom. The van der Waals surface area contributed by atoms with E-state index in [9.17, 15) is 9.59 Å². The largest absolute Gasteiger partial charge is 0.454 e. The molecule has 0 radical (unpaired) electrons. The predicted molar refractivity (Wildman–Crippen MR) is 106 cm³/mol. The number of carbonyl (C=O) groups excluding carboxylic acids is 2. The van der Waals surface area contributed by atoms with Crippen LogP contribution in [-0.4, -0.2) is 50.6 Å². The number of Topliss-reactive ketones (excluding diaryl/α,β-unsaturated/α-hetero) is 1. The molecular weight excluding hydrogens is 356 g/mol.